The molecule has 1 fully saturated rings. The standard InChI is InChI=1S/C13H19NO.ClH/c1-15-10-12-6-4-11(5-7-12)9-13-3-2-8-14-13;/h4-7,13-14H,2-3,8-10H2,1H3;1H. The lowest BCUT2D eigenvalue weighted by Gasteiger charge is -2.10. The van der Waals surface area contributed by atoms with Crippen LogP contribution in [-0.4, -0.2) is 19.7 Å². The van der Waals surface area contributed by atoms with Crippen molar-refractivity contribution in [3.63, 3.8) is 0 Å². The van der Waals surface area contributed by atoms with E-state index < -0.39 is 0 Å². The van der Waals surface area contributed by atoms with E-state index >= 15 is 0 Å². The Kier molecular flexibility index (Phi) is 5.81. The molecule has 90 valence electrons. The number of methoxy groups -OCH3 is 1. The van der Waals surface area contributed by atoms with Crippen molar-refractivity contribution in [2.45, 2.75) is 31.9 Å². The van der Waals surface area contributed by atoms with E-state index in [2.05, 4.69) is 29.6 Å². The van der Waals surface area contributed by atoms with Gasteiger partial charge in [0.05, 0.1) is 6.61 Å². The smallest absolute Gasteiger partial charge is 0.0713 e. The first kappa shape index (κ1) is 13.5. The van der Waals surface area contributed by atoms with Crippen molar-refractivity contribution < 1.29 is 4.74 Å². The molecule has 0 radical (unpaired) electrons. The molecular formula is C13H20ClNO. The summed E-state index contributed by atoms with van der Waals surface area (Å²) < 4.78 is 5.09. The summed E-state index contributed by atoms with van der Waals surface area (Å²) in [6.45, 7) is 1.90. The first-order chi connectivity index (χ1) is 7.38. The molecule has 2 rings (SSSR count). The maximum absolute atomic E-state index is 5.09. The Labute approximate surface area is 104 Å². The SMILES string of the molecule is COCc1ccc(CC2CCCN2)cc1.Cl. The topological polar surface area (TPSA) is 21.3 Å². The quantitative estimate of drug-likeness (QED) is 0.875. The first-order valence-electron chi connectivity index (χ1n) is 5.68. The molecule has 16 heavy (non-hydrogen) atoms. The molecule has 1 aromatic carbocycles. The Bertz CT molecular complexity index is 293. The molecule has 0 spiro atoms. The molecule has 0 aliphatic carbocycles. The summed E-state index contributed by atoms with van der Waals surface area (Å²) in [5, 5.41) is 3.52. The number of rotatable bonds is 4. The minimum atomic E-state index is 0. The highest BCUT2D eigenvalue weighted by Crippen LogP contribution is 2.13. The summed E-state index contributed by atoms with van der Waals surface area (Å²) in [6.07, 6.45) is 3.81. The van der Waals surface area contributed by atoms with E-state index in [9.17, 15) is 0 Å². The Morgan fingerprint density at radius 2 is 1.94 bits per heavy atom. The number of benzene rings is 1. The molecule has 1 atom stereocenters. The second-order valence-electron chi connectivity index (χ2n) is 4.25. The van der Waals surface area contributed by atoms with Gasteiger partial charge in [-0.15, -0.1) is 12.4 Å². The van der Waals surface area contributed by atoms with E-state index in [1.165, 1.54) is 30.5 Å². The molecule has 0 saturated carbocycles. The lowest BCUT2D eigenvalue weighted by molar-refractivity contribution is 0.185. The molecule has 1 unspecified atom stereocenters. The largest absolute Gasteiger partial charge is 0.380 e. The summed E-state index contributed by atoms with van der Waals surface area (Å²) in [7, 11) is 1.73. The number of ether oxygens (including phenoxy) is 1. The summed E-state index contributed by atoms with van der Waals surface area (Å²) >= 11 is 0. The third-order valence-corrected chi connectivity index (χ3v) is 2.98. The third kappa shape index (κ3) is 3.78. The van der Waals surface area contributed by atoms with Gasteiger partial charge in [0.25, 0.3) is 0 Å². The third-order valence-electron chi connectivity index (χ3n) is 2.98. The fourth-order valence-electron chi connectivity index (χ4n) is 2.15. The van der Waals surface area contributed by atoms with Crippen molar-refractivity contribution in [2.24, 2.45) is 0 Å². The van der Waals surface area contributed by atoms with E-state index in [-0.39, 0.29) is 12.4 Å². The maximum Gasteiger partial charge on any atom is 0.0713 e. The number of nitrogens with one attached hydrogen (secondary N) is 1. The first-order valence-corrected chi connectivity index (χ1v) is 5.68. The predicted octanol–water partition coefficient (Wildman–Crippen LogP) is 2.55. The highest BCUT2D eigenvalue weighted by molar-refractivity contribution is 5.85. The zero-order valence-corrected chi connectivity index (χ0v) is 10.6. The van der Waals surface area contributed by atoms with Gasteiger partial charge in [0, 0.05) is 13.2 Å². The lowest BCUT2D eigenvalue weighted by atomic mass is 10.0. The van der Waals surface area contributed by atoms with Gasteiger partial charge >= 0.3 is 0 Å². The highest BCUT2D eigenvalue weighted by atomic mass is 35.5. The average molecular weight is 242 g/mol. The van der Waals surface area contributed by atoms with E-state index in [1.807, 2.05) is 0 Å². The zero-order valence-electron chi connectivity index (χ0n) is 9.74. The molecule has 1 saturated heterocycles. The number of hydrogen-bond donors (Lipinski definition) is 1. The molecule has 3 heteroatoms. The van der Waals surface area contributed by atoms with Crippen molar-refractivity contribution in [3.05, 3.63) is 35.4 Å². The van der Waals surface area contributed by atoms with Crippen molar-refractivity contribution in [1.29, 1.82) is 0 Å². The van der Waals surface area contributed by atoms with Crippen LogP contribution in [0.15, 0.2) is 24.3 Å². The van der Waals surface area contributed by atoms with E-state index in [0.29, 0.717) is 12.6 Å². The highest BCUT2D eigenvalue weighted by Gasteiger charge is 2.13. The van der Waals surface area contributed by atoms with Gasteiger partial charge in [-0.3, -0.25) is 0 Å². The van der Waals surface area contributed by atoms with E-state index in [0.717, 1.165) is 6.42 Å². The molecule has 1 heterocycles. The Hall–Kier alpha value is -0.570. The second kappa shape index (κ2) is 6.89. The fourth-order valence-corrected chi connectivity index (χ4v) is 2.15. The predicted molar refractivity (Wildman–Crippen MR) is 69.1 cm³/mol. The molecule has 0 amide bonds. The van der Waals surface area contributed by atoms with Crippen molar-refractivity contribution in [1.82, 2.24) is 5.32 Å². The van der Waals surface area contributed by atoms with Gasteiger partial charge < -0.3 is 10.1 Å². The summed E-state index contributed by atoms with van der Waals surface area (Å²) in [4.78, 5) is 0. The van der Waals surface area contributed by atoms with Gasteiger partial charge in [0.1, 0.15) is 0 Å². The van der Waals surface area contributed by atoms with E-state index in [4.69, 9.17) is 4.74 Å². The number of halogens is 1. The van der Waals surface area contributed by atoms with Gasteiger partial charge in [0.2, 0.25) is 0 Å². The molecule has 1 aliphatic rings. The van der Waals surface area contributed by atoms with Crippen LogP contribution < -0.4 is 5.32 Å². The average Bonchev–Trinajstić information content (AvgIpc) is 2.74. The van der Waals surface area contributed by atoms with Crippen LogP contribution in [0.25, 0.3) is 0 Å². The molecule has 1 aromatic rings. The molecule has 1 N–H and O–H groups in total. The molecule has 0 aromatic heterocycles. The van der Waals surface area contributed by atoms with Gasteiger partial charge in [-0.05, 0) is 36.9 Å². The van der Waals surface area contributed by atoms with Crippen LogP contribution in [0.2, 0.25) is 0 Å². The van der Waals surface area contributed by atoms with Crippen LogP contribution in [0.3, 0.4) is 0 Å². The van der Waals surface area contributed by atoms with Gasteiger partial charge in [-0.2, -0.15) is 0 Å². The maximum atomic E-state index is 5.09. The fraction of sp³-hybridized carbons (Fsp3) is 0.538. The minimum absolute atomic E-state index is 0. The minimum Gasteiger partial charge on any atom is -0.380 e. The molecule has 2 nitrogen and oxygen atoms in total. The molecule has 1 aliphatic heterocycles. The Morgan fingerprint density at radius 1 is 1.25 bits per heavy atom. The van der Waals surface area contributed by atoms with Crippen LogP contribution in [-0.2, 0) is 17.8 Å². The van der Waals surface area contributed by atoms with Crippen LogP contribution in [0, 0.1) is 0 Å². The molecule has 0 bridgehead atoms. The summed E-state index contributed by atoms with van der Waals surface area (Å²) in [5.74, 6) is 0. The second-order valence-corrected chi connectivity index (χ2v) is 4.25. The van der Waals surface area contributed by atoms with Crippen LogP contribution in [0.5, 0.6) is 0 Å². The van der Waals surface area contributed by atoms with Crippen molar-refractivity contribution in [3.8, 4) is 0 Å². The van der Waals surface area contributed by atoms with Gasteiger partial charge in [-0.1, -0.05) is 24.3 Å². The monoisotopic (exact) mass is 241 g/mol. The zero-order chi connectivity index (χ0) is 10.5. The molecular weight excluding hydrogens is 222 g/mol. The summed E-state index contributed by atoms with van der Waals surface area (Å²) in [6, 6.07) is 9.45. The van der Waals surface area contributed by atoms with Crippen molar-refractivity contribution in [2.75, 3.05) is 13.7 Å². The Morgan fingerprint density at radius 3 is 2.50 bits per heavy atom. The van der Waals surface area contributed by atoms with Crippen molar-refractivity contribution >= 4 is 12.4 Å². The van der Waals surface area contributed by atoms with Gasteiger partial charge in [0.15, 0.2) is 0 Å². The van der Waals surface area contributed by atoms with Crippen LogP contribution >= 0.6 is 12.4 Å². The van der Waals surface area contributed by atoms with Crippen LogP contribution in [0.4, 0.5) is 0 Å². The normalized spacial score (nSPS) is 19.4. The van der Waals surface area contributed by atoms with Crippen LogP contribution in [0.1, 0.15) is 24.0 Å². The Balaban J connectivity index is 0.00000128. The van der Waals surface area contributed by atoms with E-state index in [1.54, 1.807) is 7.11 Å². The van der Waals surface area contributed by atoms with Gasteiger partial charge in [-0.25, -0.2) is 0 Å². The lowest BCUT2D eigenvalue weighted by Crippen LogP contribution is -2.23. The summed E-state index contributed by atoms with van der Waals surface area (Å²) in [5.41, 5.74) is 2.68. The number of hydrogen-bond acceptors (Lipinski definition) is 2.